The Morgan fingerprint density at radius 2 is 1.76 bits per heavy atom. The van der Waals surface area contributed by atoms with Gasteiger partial charge in [-0.1, -0.05) is 6.07 Å². The van der Waals surface area contributed by atoms with Crippen LogP contribution in [0.15, 0.2) is 42.5 Å². The van der Waals surface area contributed by atoms with E-state index in [1.807, 2.05) is 31.2 Å². The van der Waals surface area contributed by atoms with E-state index in [-0.39, 0.29) is 109 Å². The standard InChI is InChI=1S/C20H20N6O5S.2K/c1-10-24-25-20(32)26(10)12-4-2-3-11(7-12)21-9-31-13-5-6-14-15(8-13)23-17(19(29)30)16(22-14)18(27)28;;/h2-8,16-17,21-23H,9H2,1H3,(H,25,32)(H,27,28)(H,29,30);;/q;2*+1/p-2. The van der Waals surface area contributed by atoms with Crippen molar-refractivity contribution in [3.63, 3.8) is 0 Å². The molecule has 11 nitrogen and oxygen atoms in total. The van der Waals surface area contributed by atoms with Crippen molar-refractivity contribution in [2.75, 3.05) is 22.7 Å². The molecule has 4 N–H and O–H groups in total. The second-order valence-corrected chi connectivity index (χ2v) is 7.40. The summed E-state index contributed by atoms with van der Waals surface area (Å²) in [6.07, 6.45) is 0. The van der Waals surface area contributed by atoms with Crippen LogP contribution in [0.1, 0.15) is 5.82 Å². The molecule has 0 saturated carbocycles. The molecule has 3 aromatic rings. The summed E-state index contributed by atoms with van der Waals surface area (Å²) in [4.78, 5) is 22.5. The minimum absolute atomic E-state index is 0. The van der Waals surface area contributed by atoms with Crippen LogP contribution in [0.2, 0.25) is 0 Å². The third kappa shape index (κ3) is 6.70. The first-order chi connectivity index (χ1) is 15.3. The summed E-state index contributed by atoms with van der Waals surface area (Å²) in [5.74, 6) is -1.93. The number of H-pyrrole nitrogens is 1. The van der Waals surface area contributed by atoms with Gasteiger partial charge < -0.3 is 40.5 Å². The van der Waals surface area contributed by atoms with Crippen LogP contribution in [0.3, 0.4) is 0 Å². The Kier molecular flexibility index (Phi) is 11.2. The quantitative estimate of drug-likeness (QED) is 0.131. The molecule has 2 atom stereocenters. The van der Waals surface area contributed by atoms with Crippen molar-refractivity contribution in [1.29, 1.82) is 0 Å². The number of carbonyl (C=O) groups is 2. The fraction of sp³-hybridized carbons (Fsp3) is 0.200. The first-order valence-corrected chi connectivity index (χ1v) is 9.94. The number of aromatic amines is 1. The van der Waals surface area contributed by atoms with Crippen LogP contribution in [0, 0.1) is 11.7 Å². The average molecular weight is 533 g/mol. The zero-order valence-corrected chi connectivity index (χ0v) is 25.8. The van der Waals surface area contributed by atoms with Crippen LogP contribution in [-0.2, 0) is 9.59 Å². The molecule has 2 heterocycles. The predicted octanol–water partition coefficient (Wildman–Crippen LogP) is -6.23. The van der Waals surface area contributed by atoms with Crippen molar-refractivity contribution >= 4 is 41.2 Å². The number of nitrogens with one attached hydrogen (secondary N) is 4. The van der Waals surface area contributed by atoms with Gasteiger partial charge in [-0.05, 0) is 49.5 Å². The Bertz CT molecular complexity index is 1250. The first kappa shape index (κ1) is 29.4. The van der Waals surface area contributed by atoms with Gasteiger partial charge in [0, 0.05) is 11.8 Å². The average Bonchev–Trinajstić information content (AvgIpc) is 3.10. The fourth-order valence-electron chi connectivity index (χ4n) is 3.39. The molecule has 1 aliphatic heterocycles. The van der Waals surface area contributed by atoms with Crippen LogP contribution in [0.25, 0.3) is 5.69 Å². The van der Waals surface area contributed by atoms with E-state index < -0.39 is 24.0 Å². The zero-order chi connectivity index (χ0) is 22.8. The molecule has 0 saturated heterocycles. The topological polar surface area (TPSA) is 159 Å². The Balaban J connectivity index is 0.00000204. The van der Waals surface area contributed by atoms with Gasteiger partial charge in [0.25, 0.3) is 0 Å². The second kappa shape index (κ2) is 13.0. The number of aromatic nitrogens is 3. The third-order valence-electron chi connectivity index (χ3n) is 4.91. The van der Waals surface area contributed by atoms with Crippen molar-refractivity contribution in [2.24, 2.45) is 0 Å². The summed E-state index contributed by atoms with van der Waals surface area (Å²) < 4.78 is 8.00. The monoisotopic (exact) mass is 532 g/mol. The number of rotatable bonds is 7. The first-order valence-electron chi connectivity index (χ1n) is 9.53. The maximum absolute atomic E-state index is 11.3. The van der Waals surface area contributed by atoms with E-state index in [1.54, 1.807) is 22.8 Å². The van der Waals surface area contributed by atoms with E-state index in [2.05, 4.69) is 26.1 Å². The predicted molar refractivity (Wildman–Crippen MR) is 114 cm³/mol. The molecular formula is C20H18K2N6O5S. The number of hydrogen-bond acceptors (Lipinski definition) is 10. The SMILES string of the molecule is Cc1n[nH]c(=S)n1-c1cccc(NCOc2ccc3c(c2)NC(C(=O)[O-])C(C(=O)[O-])N3)c1.[K+].[K+]. The summed E-state index contributed by atoms with van der Waals surface area (Å²) >= 11 is 5.26. The minimum Gasteiger partial charge on any atom is -0.548 e. The van der Waals surface area contributed by atoms with Crippen molar-refractivity contribution in [3.8, 4) is 11.4 Å². The number of anilines is 3. The molecule has 0 bridgehead atoms. The maximum atomic E-state index is 11.3. The molecule has 4 rings (SSSR count). The number of fused-ring (bicyclic) bond motifs is 1. The van der Waals surface area contributed by atoms with Crippen LogP contribution < -0.4 is 134 Å². The van der Waals surface area contributed by atoms with Crippen molar-refractivity contribution in [3.05, 3.63) is 53.1 Å². The van der Waals surface area contributed by atoms with Crippen LogP contribution in [0.5, 0.6) is 5.75 Å². The van der Waals surface area contributed by atoms with Crippen molar-refractivity contribution in [1.82, 2.24) is 14.8 Å². The largest absolute Gasteiger partial charge is 1.00 e. The molecular weight excluding hydrogens is 515 g/mol. The Hall–Kier alpha value is -0.787. The van der Waals surface area contributed by atoms with Gasteiger partial charge in [0.15, 0.2) is 11.5 Å². The summed E-state index contributed by atoms with van der Waals surface area (Å²) in [6, 6.07) is 9.38. The molecule has 166 valence electrons. The van der Waals surface area contributed by atoms with E-state index in [0.717, 1.165) is 17.2 Å². The van der Waals surface area contributed by atoms with Gasteiger partial charge in [-0.15, -0.1) is 0 Å². The number of nitrogens with zero attached hydrogens (tertiary/aromatic N) is 2. The molecule has 34 heavy (non-hydrogen) atoms. The summed E-state index contributed by atoms with van der Waals surface area (Å²) in [6.45, 7) is 1.96. The summed E-state index contributed by atoms with van der Waals surface area (Å²) in [5, 5.41) is 37.8. The second-order valence-electron chi connectivity index (χ2n) is 7.02. The van der Waals surface area contributed by atoms with Gasteiger partial charge >= 0.3 is 103 Å². The number of carboxylic acids is 2. The molecule has 0 radical (unpaired) electrons. The van der Waals surface area contributed by atoms with E-state index in [1.165, 1.54) is 0 Å². The Morgan fingerprint density at radius 1 is 1.09 bits per heavy atom. The van der Waals surface area contributed by atoms with Gasteiger partial charge in [-0.25, -0.2) is 0 Å². The molecule has 0 amide bonds. The third-order valence-corrected chi connectivity index (χ3v) is 5.19. The molecule has 0 spiro atoms. The number of carbonyl (C=O) groups excluding carboxylic acids is 2. The van der Waals surface area contributed by atoms with Crippen LogP contribution >= 0.6 is 12.2 Å². The molecule has 0 aliphatic carbocycles. The van der Waals surface area contributed by atoms with E-state index in [0.29, 0.717) is 21.9 Å². The number of aliphatic carboxylic acids is 2. The Morgan fingerprint density at radius 3 is 2.38 bits per heavy atom. The summed E-state index contributed by atoms with van der Waals surface area (Å²) in [7, 11) is 0. The normalized spacial score (nSPS) is 15.9. The van der Waals surface area contributed by atoms with Gasteiger partial charge in [0.2, 0.25) is 0 Å². The van der Waals surface area contributed by atoms with Gasteiger partial charge in [-0.3, -0.25) is 9.67 Å². The van der Waals surface area contributed by atoms with Gasteiger partial charge in [0.1, 0.15) is 11.6 Å². The number of aryl methyl sites for hydroxylation is 1. The van der Waals surface area contributed by atoms with Crippen molar-refractivity contribution < 1.29 is 127 Å². The molecule has 2 unspecified atom stereocenters. The zero-order valence-electron chi connectivity index (χ0n) is 18.7. The molecule has 2 aromatic carbocycles. The van der Waals surface area contributed by atoms with E-state index in [4.69, 9.17) is 17.0 Å². The molecule has 1 aliphatic rings. The van der Waals surface area contributed by atoms with Crippen molar-refractivity contribution in [2.45, 2.75) is 19.0 Å². The molecule has 1 aromatic heterocycles. The van der Waals surface area contributed by atoms with E-state index in [9.17, 15) is 19.8 Å². The number of ether oxygens (including phenoxy) is 1. The van der Waals surface area contributed by atoms with Gasteiger partial charge in [-0.2, -0.15) is 5.10 Å². The number of benzene rings is 2. The van der Waals surface area contributed by atoms with Crippen LogP contribution in [0.4, 0.5) is 17.1 Å². The maximum Gasteiger partial charge on any atom is 1.00 e. The Labute approximate surface area is 284 Å². The minimum atomic E-state index is -1.56. The molecule has 14 heteroatoms. The summed E-state index contributed by atoms with van der Waals surface area (Å²) in [5.41, 5.74) is 2.42. The fourth-order valence-corrected chi connectivity index (χ4v) is 3.67. The van der Waals surface area contributed by atoms with Crippen LogP contribution in [-0.4, -0.2) is 45.5 Å². The number of carboxylic acid groups (broad SMARTS) is 2. The van der Waals surface area contributed by atoms with Gasteiger partial charge in [0.05, 0.1) is 41.1 Å². The number of hydrogen-bond donors (Lipinski definition) is 4. The van der Waals surface area contributed by atoms with E-state index >= 15 is 0 Å². The molecule has 0 fully saturated rings. The smallest absolute Gasteiger partial charge is 0.548 e.